The summed E-state index contributed by atoms with van der Waals surface area (Å²) in [5.74, 6) is 0. The molecule has 0 fully saturated rings. The number of fused-ring (bicyclic) bond motifs is 1. The molecule has 21 heavy (non-hydrogen) atoms. The molecule has 1 atom stereocenters. The van der Waals surface area contributed by atoms with E-state index in [4.69, 9.17) is 4.98 Å². The molecule has 1 aromatic carbocycles. The Balaban J connectivity index is 1.81. The van der Waals surface area contributed by atoms with Crippen molar-refractivity contribution >= 4 is 32.4 Å². The standard InChI is InChI=1S/C16H20BrN3S/c1-18-13-8-5-9-14-15(13)19-16(21-14)20(2)10-11-6-3-4-7-12(11)17/h3-4,6-7,13,18H,5,8-10H2,1-2H3. The zero-order valence-electron chi connectivity index (χ0n) is 12.4. The Labute approximate surface area is 138 Å². The lowest BCUT2D eigenvalue weighted by atomic mass is 9.98. The van der Waals surface area contributed by atoms with E-state index in [9.17, 15) is 0 Å². The summed E-state index contributed by atoms with van der Waals surface area (Å²) in [5, 5.41) is 4.51. The predicted octanol–water partition coefficient (Wildman–Crippen LogP) is 4.14. The zero-order valence-corrected chi connectivity index (χ0v) is 14.8. The molecule has 3 nitrogen and oxygen atoms in total. The number of hydrogen-bond donors (Lipinski definition) is 1. The molecule has 0 spiro atoms. The second-order valence-corrected chi connectivity index (χ2v) is 7.40. The van der Waals surface area contributed by atoms with Gasteiger partial charge in [-0.05, 0) is 37.9 Å². The number of benzene rings is 1. The van der Waals surface area contributed by atoms with Crippen LogP contribution in [0.3, 0.4) is 0 Å². The molecule has 112 valence electrons. The van der Waals surface area contributed by atoms with E-state index in [0.29, 0.717) is 6.04 Å². The average Bonchev–Trinajstić information content (AvgIpc) is 2.93. The first-order valence-electron chi connectivity index (χ1n) is 7.30. The molecule has 0 saturated carbocycles. The Morgan fingerprint density at radius 1 is 1.43 bits per heavy atom. The minimum atomic E-state index is 0.426. The lowest BCUT2D eigenvalue weighted by Gasteiger charge is -2.20. The van der Waals surface area contributed by atoms with Gasteiger partial charge in [0, 0.05) is 22.9 Å². The molecule has 1 aromatic heterocycles. The normalized spacial score (nSPS) is 17.6. The monoisotopic (exact) mass is 365 g/mol. The third-order valence-corrected chi connectivity index (χ3v) is 6.00. The molecule has 0 radical (unpaired) electrons. The first kappa shape index (κ1) is 15.0. The van der Waals surface area contributed by atoms with Crippen LogP contribution in [0.5, 0.6) is 0 Å². The van der Waals surface area contributed by atoms with Crippen molar-refractivity contribution in [3.8, 4) is 0 Å². The van der Waals surface area contributed by atoms with Gasteiger partial charge in [0.2, 0.25) is 0 Å². The van der Waals surface area contributed by atoms with E-state index in [-0.39, 0.29) is 0 Å². The van der Waals surface area contributed by atoms with Gasteiger partial charge in [0.05, 0.1) is 11.7 Å². The van der Waals surface area contributed by atoms with Crippen molar-refractivity contribution < 1.29 is 0 Å². The summed E-state index contributed by atoms with van der Waals surface area (Å²) in [6.07, 6.45) is 3.63. The minimum absolute atomic E-state index is 0.426. The Hall–Kier alpha value is -0.910. The fraction of sp³-hybridized carbons (Fsp3) is 0.438. The second-order valence-electron chi connectivity index (χ2n) is 5.49. The van der Waals surface area contributed by atoms with Crippen molar-refractivity contribution in [2.45, 2.75) is 31.8 Å². The van der Waals surface area contributed by atoms with Gasteiger partial charge < -0.3 is 10.2 Å². The second kappa shape index (κ2) is 6.46. The van der Waals surface area contributed by atoms with Gasteiger partial charge >= 0.3 is 0 Å². The van der Waals surface area contributed by atoms with Crippen LogP contribution in [0.4, 0.5) is 5.13 Å². The fourth-order valence-electron chi connectivity index (χ4n) is 2.80. The van der Waals surface area contributed by atoms with Gasteiger partial charge in [-0.1, -0.05) is 34.1 Å². The van der Waals surface area contributed by atoms with Gasteiger partial charge in [-0.25, -0.2) is 4.98 Å². The third kappa shape index (κ3) is 3.15. The van der Waals surface area contributed by atoms with Crippen molar-refractivity contribution in [1.82, 2.24) is 10.3 Å². The van der Waals surface area contributed by atoms with Gasteiger partial charge in [0.15, 0.2) is 5.13 Å². The van der Waals surface area contributed by atoms with E-state index < -0.39 is 0 Å². The van der Waals surface area contributed by atoms with Gasteiger partial charge in [-0.15, -0.1) is 11.3 Å². The summed E-state index contributed by atoms with van der Waals surface area (Å²) in [7, 11) is 4.15. The third-order valence-electron chi connectivity index (χ3n) is 3.98. The summed E-state index contributed by atoms with van der Waals surface area (Å²) >= 11 is 5.47. The van der Waals surface area contributed by atoms with Crippen LogP contribution in [0, 0.1) is 0 Å². The van der Waals surface area contributed by atoms with Gasteiger partial charge in [-0.3, -0.25) is 0 Å². The molecule has 1 heterocycles. The molecule has 0 amide bonds. The number of hydrogen-bond acceptors (Lipinski definition) is 4. The summed E-state index contributed by atoms with van der Waals surface area (Å²) in [5.41, 5.74) is 2.56. The molecular weight excluding hydrogens is 346 g/mol. The number of rotatable bonds is 4. The number of nitrogens with one attached hydrogen (secondary N) is 1. The van der Waals surface area contributed by atoms with Crippen LogP contribution in [-0.4, -0.2) is 19.1 Å². The van der Waals surface area contributed by atoms with E-state index in [1.165, 1.54) is 35.4 Å². The highest BCUT2D eigenvalue weighted by atomic mass is 79.9. The van der Waals surface area contributed by atoms with Crippen molar-refractivity contribution in [3.05, 3.63) is 44.9 Å². The van der Waals surface area contributed by atoms with E-state index in [2.05, 4.69) is 51.4 Å². The molecule has 0 bridgehead atoms. The van der Waals surface area contributed by atoms with Crippen LogP contribution in [0.1, 0.15) is 35.0 Å². The van der Waals surface area contributed by atoms with E-state index in [1.807, 2.05) is 24.5 Å². The van der Waals surface area contributed by atoms with Crippen LogP contribution < -0.4 is 10.2 Å². The lowest BCUT2D eigenvalue weighted by Crippen LogP contribution is -2.21. The average molecular weight is 366 g/mol. The quantitative estimate of drug-likeness (QED) is 0.882. The number of thiazole rings is 1. The highest BCUT2D eigenvalue weighted by Crippen LogP contribution is 2.36. The van der Waals surface area contributed by atoms with E-state index >= 15 is 0 Å². The van der Waals surface area contributed by atoms with Gasteiger partial charge in [-0.2, -0.15) is 0 Å². The van der Waals surface area contributed by atoms with E-state index in [0.717, 1.165) is 16.1 Å². The number of halogens is 1. The molecule has 1 aliphatic rings. The molecule has 5 heteroatoms. The Kier molecular flexibility index (Phi) is 4.62. The molecule has 0 saturated heterocycles. The SMILES string of the molecule is CNC1CCCc2sc(N(C)Cc3ccccc3Br)nc21. The van der Waals surface area contributed by atoms with Crippen molar-refractivity contribution in [3.63, 3.8) is 0 Å². The summed E-state index contributed by atoms with van der Waals surface area (Å²) < 4.78 is 1.16. The topological polar surface area (TPSA) is 28.2 Å². The maximum Gasteiger partial charge on any atom is 0.185 e. The van der Waals surface area contributed by atoms with Gasteiger partial charge in [0.1, 0.15) is 0 Å². The van der Waals surface area contributed by atoms with Crippen LogP contribution in [0.15, 0.2) is 28.7 Å². The molecule has 1 N–H and O–H groups in total. The fourth-order valence-corrected chi connectivity index (χ4v) is 4.33. The molecule has 0 aliphatic heterocycles. The van der Waals surface area contributed by atoms with Crippen molar-refractivity contribution in [2.75, 3.05) is 19.0 Å². The number of nitrogens with zero attached hydrogens (tertiary/aromatic N) is 2. The highest BCUT2D eigenvalue weighted by molar-refractivity contribution is 9.10. The maximum atomic E-state index is 4.90. The van der Waals surface area contributed by atoms with Gasteiger partial charge in [0.25, 0.3) is 0 Å². The maximum absolute atomic E-state index is 4.90. The van der Waals surface area contributed by atoms with Crippen LogP contribution >= 0.6 is 27.3 Å². The number of aryl methyl sites for hydroxylation is 1. The highest BCUT2D eigenvalue weighted by Gasteiger charge is 2.24. The largest absolute Gasteiger partial charge is 0.347 e. The summed E-state index contributed by atoms with van der Waals surface area (Å²) in [4.78, 5) is 8.59. The molecule has 1 aliphatic carbocycles. The molecular formula is C16H20BrN3S. The van der Waals surface area contributed by atoms with Crippen LogP contribution in [0.25, 0.3) is 0 Å². The van der Waals surface area contributed by atoms with Crippen molar-refractivity contribution in [2.24, 2.45) is 0 Å². The Morgan fingerprint density at radius 2 is 2.24 bits per heavy atom. The minimum Gasteiger partial charge on any atom is -0.347 e. The molecule has 2 aromatic rings. The smallest absolute Gasteiger partial charge is 0.185 e. The van der Waals surface area contributed by atoms with Crippen molar-refractivity contribution in [1.29, 1.82) is 0 Å². The zero-order chi connectivity index (χ0) is 14.8. The summed E-state index contributed by atoms with van der Waals surface area (Å²) in [6.45, 7) is 0.873. The predicted molar refractivity (Wildman–Crippen MR) is 93.1 cm³/mol. The van der Waals surface area contributed by atoms with E-state index in [1.54, 1.807) is 0 Å². The Morgan fingerprint density at radius 3 is 3.00 bits per heavy atom. The lowest BCUT2D eigenvalue weighted by molar-refractivity contribution is 0.490. The number of aromatic nitrogens is 1. The first-order valence-corrected chi connectivity index (χ1v) is 8.91. The first-order chi connectivity index (χ1) is 10.2. The van der Waals surface area contributed by atoms with Crippen LogP contribution in [0.2, 0.25) is 0 Å². The number of anilines is 1. The molecule has 1 unspecified atom stereocenters. The molecule has 3 rings (SSSR count). The van der Waals surface area contributed by atoms with Crippen LogP contribution in [-0.2, 0) is 13.0 Å². The Bertz CT molecular complexity index is 626. The summed E-state index contributed by atoms with van der Waals surface area (Å²) in [6, 6.07) is 8.80.